The van der Waals surface area contributed by atoms with E-state index in [0.717, 1.165) is 25.1 Å². The van der Waals surface area contributed by atoms with Crippen LogP contribution in [-0.4, -0.2) is 47.6 Å². The topological polar surface area (TPSA) is 54.5 Å². The van der Waals surface area contributed by atoms with Crippen molar-refractivity contribution in [3.05, 3.63) is 65.5 Å². The number of benzene rings is 1. The number of nitrogens with zero attached hydrogens (tertiary/aromatic N) is 2. The summed E-state index contributed by atoms with van der Waals surface area (Å²) in [6.45, 7) is 4.38. The highest BCUT2D eigenvalue weighted by molar-refractivity contribution is 5.93. The van der Waals surface area contributed by atoms with Crippen LogP contribution in [0.3, 0.4) is 0 Å². The number of aryl methyl sites for hydroxylation is 1. The summed E-state index contributed by atoms with van der Waals surface area (Å²) in [7, 11) is 0. The van der Waals surface area contributed by atoms with Gasteiger partial charge < -0.3 is 10.1 Å². The van der Waals surface area contributed by atoms with E-state index in [1.165, 1.54) is 5.56 Å². The first-order valence-corrected chi connectivity index (χ1v) is 8.84. The number of carbonyl (C=O) groups excluding carboxylic acids is 1. The Morgan fingerprint density at radius 1 is 1.20 bits per heavy atom. The minimum Gasteiger partial charge on any atom is -0.371 e. The lowest BCUT2D eigenvalue weighted by atomic mass is 10.1. The number of carbonyl (C=O) groups is 1. The Morgan fingerprint density at radius 2 is 2.04 bits per heavy atom. The lowest BCUT2D eigenvalue weighted by Gasteiger charge is -2.35. The van der Waals surface area contributed by atoms with Gasteiger partial charge in [-0.2, -0.15) is 0 Å². The normalized spacial score (nSPS) is 26.2. The van der Waals surface area contributed by atoms with Crippen LogP contribution >= 0.6 is 0 Å². The second-order valence-electron chi connectivity index (χ2n) is 6.92. The molecule has 0 bridgehead atoms. The SMILES string of the molecule is Cc1cccnc1C(=O)N[C@@H]1C[C@H]2CO[C@@H](c3ccccc3)CN2C1. The first-order valence-electron chi connectivity index (χ1n) is 8.84. The van der Waals surface area contributed by atoms with Crippen LogP contribution in [0, 0.1) is 6.92 Å². The molecule has 0 spiro atoms. The maximum Gasteiger partial charge on any atom is 0.270 e. The molecule has 1 aromatic carbocycles. The molecule has 0 unspecified atom stereocenters. The molecule has 3 heterocycles. The molecule has 2 saturated heterocycles. The van der Waals surface area contributed by atoms with Crippen LogP contribution in [0.25, 0.3) is 0 Å². The first kappa shape index (κ1) is 16.2. The quantitative estimate of drug-likeness (QED) is 0.934. The molecule has 0 radical (unpaired) electrons. The summed E-state index contributed by atoms with van der Waals surface area (Å²) in [4.78, 5) is 19.1. The first-order chi connectivity index (χ1) is 12.2. The van der Waals surface area contributed by atoms with Crippen LogP contribution in [-0.2, 0) is 4.74 Å². The zero-order valence-corrected chi connectivity index (χ0v) is 14.4. The van der Waals surface area contributed by atoms with E-state index in [4.69, 9.17) is 4.74 Å². The zero-order valence-electron chi connectivity index (χ0n) is 14.4. The summed E-state index contributed by atoms with van der Waals surface area (Å²) in [5, 5.41) is 3.15. The molecule has 1 N–H and O–H groups in total. The van der Waals surface area contributed by atoms with Gasteiger partial charge in [0.1, 0.15) is 5.69 Å². The summed E-state index contributed by atoms with van der Waals surface area (Å²) < 4.78 is 6.07. The van der Waals surface area contributed by atoms with Crippen LogP contribution in [0.2, 0.25) is 0 Å². The number of ether oxygens (including phenoxy) is 1. The molecule has 2 aliphatic rings. The van der Waals surface area contributed by atoms with Crippen molar-refractivity contribution < 1.29 is 9.53 Å². The molecular formula is C20H23N3O2. The number of fused-ring (bicyclic) bond motifs is 1. The maximum atomic E-state index is 12.5. The lowest BCUT2D eigenvalue weighted by Crippen LogP contribution is -2.43. The average molecular weight is 337 g/mol. The van der Waals surface area contributed by atoms with Crippen molar-refractivity contribution in [2.75, 3.05) is 19.7 Å². The number of nitrogens with one attached hydrogen (secondary N) is 1. The van der Waals surface area contributed by atoms with Crippen molar-refractivity contribution >= 4 is 5.91 Å². The van der Waals surface area contributed by atoms with Gasteiger partial charge in [-0.1, -0.05) is 36.4 Å². The second-order valence-corrected chi connectivity index (χ2v) is 6.92. The predicted octanol–water partition coefficient (Wildman–Crippen LogP) is 2.33. The highest BCUT2D eigenvalue weighted by atomic mass is 16.5. The summed E-state index contributed by atoms with van der Waals surface area (Å²) in [5.74, 6) is -0.0801. The van der Waals surface area contributed by atoms with Crippen molar-refractivity contribution in [1.82, 2.24) is 15.2 Å². The van der Waals surface area contributed by atoms with Gasteiger partial charge in [0, 0.05) is 31.4 Å². The van der Waals surface area contributed by atoms with Crippen molar-refractivity contribution in [2.45, 2.75) is 31.5 Å². The summed E-state index contributed by atoms with van der Waals surface area (Å²) in [5.41, 5.74) is 2.64. The highest BCUT2D eigenvalue weighted by Crippen LogP contribution is 2.30. The van der Waals surface area contributed by atoms with Crippen LogP contribution in [0.15, 0.2) is 48.7 Å². The van der Waals surface area contributed by atoms with Crippen molar-refractivity contribution in [3.63, 3.8) is 0 Å². The smallest absolute Gasteiger partial charge is 0.270 e. The fraction of sp³-hybridized carbons (Fsp3) is 0.400. The van der Waals surface area contributed by atoms with Crippen molar-refractivity contribution in [3.8, 4) is 0 Å². The number of morpholine rings is 1. The molecular weight excluding hydrogens is 314 g/mol. The maximum absolute atomic E-state index is 12.5. The number of aromatic nitrogens is 1. The molecule has 0 aliphatic carbocycles. The standard InChI is InChI=1S/C20H23N3O2/c1-14-6-5-9-21-19(14)20(24)22-16-10-17-13-25-18(12-23(17)11-16)15-7-3-2-4-8-15/h2-9,16-18H,10-13H2,1H3,(H,22,24)/t16-,17+,18-/m1/s1. The average Bonchev–Trinajstić information content (AvgIpc) is 3.04. The van der Waals surface area contributed by atoms with Gasteiger partial charge in [0.15, 0.2) is 0 Å². The molecule has 4 rings (SSSR count). The third-order valence-electron chi connectivity index (χ3n) is 5.15. The van der Waals surface area contributed by atoms with Crippen LogP contribution < -0.4 is 5.32 Å². The Bertz CT molecular complexity index is 750. The summed E-state index contributed by atoms with van der Waals surface area (Å²) in [6.07, 6.45) is 2.71. The molecule has 2 aliphatic heterocycles. The summed E-state index contributed by atoms with van der Waals surface area (Å²) in [6, 6.07) is 14.7. The predicted molar refractivity (Wildman–Crippen MR) is 95.3 cm³/mol. The lowest BCUT2D eigenvalue weighted by molar-refractivity contribution is -0.0502. The van der Waals surface area contributed by atoms with E-state index in [1.807, 2.05) is 37.3 Å². The summed E-state index contributed by atoms with van der Waals surface area (Å²) >= 11 is 0. The molecule has 5 heteroatoms. The number of hydrogen-bond donors (Lipinski definition) is 1. The Labute approximate surface area is 148 Å². The van der Waals surface area contributed by atoms with Gasteiger partial charge in [-0.05, 0) is 30.5 Å². The van der Waals surface area contributed by atoms with Crippen molar-refractivity contribution in [1.29, 1.82) is 0 Å². The second kappa shape index (κ2) is 6.94. The van der Waals surface area contributed by atoms with E-state index in [9.17, 15) is 4.79 Å². The van der Waals surface area contributed by atoms with E-state index in [2.05, 4.69) is 27.3 Å². The molecule has 0 saturated carbocycles. The number of rotatable bonds is 3. The molecule has 25 heavy (non-hydrogen) atoms. The molecule has 2 fully saturated rings. The molecule has 1 amide bonds. The molecule has 3 atom stereocenters. The Kier molecular flexibility index (Phi) is 4.51. The van der Waals surface area contributed by atoms with Gasteiger partial charge in [0.2, 0.25) is 0 Å². The van der Waals surface area contributed by atoms with Gasteiger partial charge in [-0.15, -0.1) is 0 Å². The number of pyridine rings is 1. The Hall–Kier alpha value is -2.24. The highest BCUT2D eigenvalue weighted by Gasteiger charge is 2.38. The third kappa shape index (κ3) is 3.43. The molecule has 1 aromatic heterocycles. The Morgan fingerprint density at radius 3 is 2.84 bits per heavy atom. The van der Waals surface area contributed by atoms with Crippen LogP contribution in [0.1, 0.15) is 34.1 Å². The van der Waals surface area contributed by atoms with E-state index in [0.29, 0.717) is 18.3 Å². The molecule has 2 aromatic rings. The largest absolute Gasteiger partial charge is 0.371 e. The minimum atomic E-state index is -0.0801. The minimum absolute atomic E-state index is 0.0801. The zero-order chi connectivity index (χ0) is 17.2. The third-order valence-corrected chi connectivity index (χ3v) is 5.15. The van der Waals surface area contributed by atoms with Gasteiger partial charge >= 0.3 is 0 Å². The number of hydrogen-bond acceptors (Lipinski definition) is 4. The van der Waals surface area contributed by atoms with Crippen LogP contribution in [0.4, 0.5) is 0 Å². The fourth-order valence-corrected chi connectivity index (χ4v) is 3.83. The Balaban J connectivity index is 1.38. The van der Waals surface area contributed by atoms with E-state index in [-0.39, 0.29) is 18.1 Å². The number of amides is 1. The van der Waals surface area contributed by atoms with E-state index >= 15 is 0 Å². The van der Waals surface area contributed by atoms with E-state index < -0.39 is 0 Å². The molecule has 130 valence electrons. The van der Waals surface area contributed by atoms with Gasteiger partial charge in [-0.25, -0.2) is 0 Å². The van der Waals surface area contributed by atoms with Crippen LogP contribution in [0.5, 0.6) is 0 Å². The molecule has 5 nitrogen and oxygen atoms in total. The fourth-order valence-electron chi connectivity index (χ4n) is 3.83. The van der Waals surface area contributed by atoms with E-state index in [1.54, 1.807) is 6.20 Å². The van der Waals surface area contributed by atoms with Gasteiger partial charge in [0.05, 0.1) is 12.7 Å². The van der Waals surface area contributed by atoms with Gasteiger partial charge in [0.25, 0.3) is 5.91 Å². The van der Waals surface area contributed by atoms with Gasteiger partial charge in [-0.3, -0.25) is 14.7 Å². The van der Waals surface area contributed by atoms with Crippen molar-refractivity contribution in [2.24, 2.45) is 0 Å². The monoisotopic (exact) mass is 337 g/mol.